The van der Waals surface area contributed by atoms with E-state index in [1.54, 1.807) is 6.08 Å². The normalized spacial score (nSPS) is 10.6. The van der Waals surface area contributed by atoms with Crippen molar-refractivity contribution in [2.24, 2.45) is 0 Å². The van der Waals surface area contributed by atoms with E-state index in [1.165, 1.54) is 23.1 Å². The lowest BCUT2D eigenvalue weighted by molar-refractivity contribution is -0.113. The number of carbonyl (C=O) groups is 1. The molecule has 2 heterocycles. The first-order valence-corrected chi connectivity index (χ1v) is 8.20. The fourth-order valence-corrected chi connectivity index (χ4v) is 3.03. The molecular formula is C12H16N6OS2. The van der Waals surface area contributed by atoms with Crippen LogP contribution in [0.3, 0.4) is 0 Å². The van der Waals surface area contributed by atoms with E-state index in [9.17, 15) is 4.79 Å². The Balaban J connectivity index is 1.90. The summed E-state index contributed by atoms with van der Waals surface area (Å²) in [6.45, 7) is 8.19. The van der Waals surface area contributed by atoms with Crippen molar-refractivity contribution in [1.82, 2.24) is 25.0 Å². The largest absolute Gasteiger partial charge is 0.302 e. The van der Waals surface area contributed by atoms with Gasteiger partial charge in [0.25, 0.3) is 0 Å². The summed E-state index contributed by atoms with van der Waals surface area (Å²) in [5.74, 6) is 0.912. The molecule has 0 unspecified atom stereocenters. The number of allylic oxidation sites excluding steroid dienone is 1. The maximum absolute atomic E-state index is 11.9. The molecule has 21 heavy (non-hydrogen) atoms. The molecule has 9 heteroatoms. The highest BCUT2D eigenvalue weighted by molar-refractivity contribution is 7.99. The average molecular weight is 324 g/mol. The van der Waals surface area contributed by atoms with Crippen molar-refractivity contribution in [1.29, 1.82) is 0 Å². The maximum atomic E-state index is 11.9. The third-order valence-corrected chi connectivity index (χ3v) is 4.51. The molecule has 0 saturated carbocycles. The summed E-state index contributed by atoms with van der Waals surface area (Å²) in [7, 11) is 0. The van der Waals surface area contributed by atoms with Gasteiger partial charge in [-0.15, -0.1) is 27.0 Å². The number of amides is 1. The van der Waals surface area contributed by atoms with E-state index in [2.05, 4.69) is 32.3 Å². The van der Waals surface area contributed by atoms with Gasteiger partial charge in [-0.05, 0) is 13.3 Å². The van der Waals surface area contributed by atoms with Crippen LogP contribution in [0.2, 0.25) is 0 Å². The molecule has 0 atom stereocenters. The van der Waals surface area contributed by atoms with E-state index in [4.69, 9.17) is 0 Å². The van der Waals surface area contributed by atoms with Gasteiger partial charge in [-0.25, -0.2) is 0 Å². The van der Waals surface area contributed by atoms with Crippen LogP contribution in [-0.4, -0.2) is 36.6 Å². The number of hydrogen-bond acceptors (Lipinski definition) is 7. The second kappa shape index (κ2) is 7.32. The summed E-state index contributed by atoms with van der Waals surface area (Å²) >= 11 is 2.72. The van der Waals surface area contributed by atoms with E-state index in [-0.39, 0.29) is 11.7 Å². The first-order chi connectivity index (χ1) is 10.1. The van der Waals surface area contributed by atoms with Crippen molar-refractivity contribution in [3.63, 3.8) is 0 Å². The number of aryl methyl sites for hydroxylation is 2. The number of nitrogens with zero attached hydrogens (tertiary/aromatic N) is 5. The molecular weight excluding hydrogens is 308 g/mol. The van der Waals surface area contributed by atoms with Gasteiger partial charge in [-0.3, -0.25) is 10.1 Å². The van der Waals surface area contributed by atoms with E-state index in [0.29, 0.717) is 16.8 Å². The van der Waals surface area contributed by atoms with Gasteiger partial charge in [0, 0.05) is 6.54 Å². The number of hydrogen-bond donors (Lipinski definition) is 1. The number of aromatic nitrogens is 5. The second-order valence-corrected chi connectivity index (χ2v) is 6.12. The van der Waals surface area contributed by atoms with Gasteiger partial charge in [-0.1, -0.05) is 36.1 Å². The minimum Gasteiger partial charge on any atom is -0.302 e. The summed E-state index contributed by atoms with van der Waals surface area (Å²) in [5.41, 5.74) is 0. The van der Waals surface area contributed by atoms with Crippen LogP contribution >= 0.6 is 23.1 Å². The summed E-state index contributed by atoms with van der Waals surface area (Å²) in [5, 5.41) is 20.8. The number of carbonyl (C=O) groups excluding carboxylic acids is 1. The van der Waals surface area contributed by atoms with Gasteiger partial charge in [0.05, 0.1) is 5.75 Å². The van der Waals surface area contributed by atoms with Crippen LogP contribution in [0.25, 0.3) is 0 Å². The molecule has 0 fully saturated rings. The third-order valence-electron chi connectivity index (χ3n) is 2.56. The lowest BCUT2D eigenvalue weighted by Crippen LogP contribution is -2.14. The zero-order valence-electron chi connectivity index (χ0n) is 11.9. The molecule has 0 aliphatic heterocycles. The third kappa shape index (κ3) is 4.11. The van der Waals surface area contributed by atoms with E-state index in [1.807, 2.05) is 18.4 Å². The van der Waals surface area contributed by atoms with Crippen LogP contribution < -0.4 is 5.32 Å². The van der Waals surface area contributed by atoms with E-state index in [0.717, 1.165) is 17.3 Å². The minimum atomic E-state index is -0.135. The number of thioether (sulfide) groups is 1. The Hall–Kier alpha value is -1.74. The van der Waals surface area contributed by atoms with E-state index < -0.39 is 0 Å². The molecule has 2 aromatic heterocycles. The molecule has 1 N–H and O–H groups in total. The predicted octanol–water partition coefficient (Wildman–Crippen LogP) is 1.92. The van der Waals surface area contributed by atoms with Gasteiger partial charge >= 0.3 is 0 Å². The van der Waals surface area contributed by atoms with Crippen molar-refractivity contribution in [2.75, 3.05) is 11.1 Å². The zero-order chi connectivity index (χ0) is 15.2. The lowest BCUT2D eigenvalue weighted by atomic mass is 10.5. The van der Waals surface area contributed by atoms with Gasteiger partial charge in [-0.2, -0.15) is 0 Å². The SMILES string of the molecule is C=CCn1c(C)nnc1SCC(=O)Nc1nnc(CC)s1. The monoisotopic (exact) mass is 324 g/mol. The molecule has 0 radical (unpaired) electrons. The quantitative estimate of drug-likeness (QED) is 0.618. The Kier molecular flexibility index (Phi) is 5.45. The molecule has 0 aliphatic rings. The number of rotatable bonds is 7. The molecule has 0 aliphatic carbocycles. The Labute approximate surface area is 130 Å². The molecule has 1 amide bonds. The van der Waals surface area contributed by atoms with Gasteiger partial charge < -0.3 is 4.57 Å². The van der Waals surface area contributed by atoms with Crippen LogP contribution in [0.15, 0.2) is 17.8 Å². The number of anilines is 1. The highest BCUT2D eigenvalue weighted by atomic mass is 32.2. The van der Waals surface area contributed by atoms with Crippen LogP contribution in [0.4, 0.5) is 5.13 Å². The van der Waals surface area contributed by atoms with Crippen molar-refractivity contribution in [2.45, 2.75) is 32.0 Å². The van der Waals surface area contributed by atoms with E-state index >= 15 is 0 Å². The fourth-order valence-electron chi connectivity index (χ4n) is 1.54. The molecule has 2 rings (SSSR count). The van der Waals surface area contributed by atoms with Crippen LogP contribution in [0, 0.1) is 6.92 Å². The summed E-state index contributed by atoms with van der Waals surface area (Å²) < 4.78 is 1.91. The fraction of sp³-hybridized carbons (Fsp3) is 0.417. The van der Waals surface area contributed by atoms with Gasteiger partial charge in [0.15, 0.2) is 5.16 Å². The molecule has 7 nitrogen and oxygen atoms in total. The summed E-state index contributed by atoms with van der Waals surface area (Å²) in [6.07, 6.45) is 2.58. The second-order valence-electron chi connectivity index (χ2n) is 4.12. The van der Waals surface area contributed by atoms with Crippen molar-refractivity contribution < 1.29 is 4.79 Å². The maximum Gasteiger partial charge on any atom is 0.236 e. The molecule has 0 bridgehead atoms. The highest BCUT2D eigenvalue weighted by Crippen LogP contribution is 2.19. The summed E-state index contributed by atoms with van der Waals surface area (Å²) in [4.78, 5) is 11.9. The molecule has 2 aromatic rings. The molecule has 0 saturated heterocycles. The molecule has 0 spiro atoms. The highest BCUT2D eigenvalue weighted by Gasteiger charge is 2.12. The first kappa shape index (κ1) is 15.6. The topological polar surface area (TPSA) is 85.6 Å². The average Bonchev–Trinajstić information content (AvgIpc) is 3.05. The standard InChI is InChI=1S/C12H16N6OS2/c1-4-6-18-8(3)14-17-12(18)20-7-9(19)13-11-16-15-10(5-2)21-11/h4H,1,5-7H2,2-3H3,(H,13,16,19). The predicted molar refractivity (Wildman–Crippen MR) is 83.6 cm³/mol. The Morgan fingerprint density at radius 3 is 2.90 bits per heavy atom. The van der Waals surface area contributed by atoms with Gasteiger partial charge in [0.1, 0.15) is 10.8 Å². The van der Waals surface area contributed by atoms with Crippen molar-refractivity contribution in [3.05, 3.63) is 23.5 Å². The van der Waals surface area contributed by atoms with Crippen LogP contribution in [-0.2, 0) is 17.8 Å². The summed E-state index contributed by atoms with van der Waals surface area (Å²) in [6, 6.07) is 0. The first-order valence-electron chi connectivity index (χ1n) is 6.39. The van der Waals surface area contributed by atoms with Gasteiger partial charge in [0.2, 0.25) is 11.0 Å². The number of nitrogens with one attached hydrogen (secondary N) is 1. The smallest absolute Gasteiger partial charge is 0.236 e. The lowest BCUT2D eigenvalue weighted by Gasteiger charge is -2.04. The minimum absolute atomic E-state index is 0.135. The Morgan fingerprint density at radius 2 is 2.24 bits per heavy atom. The van der Waals surface area contributed by atoms with Crippen LogP contribution in [0.5, 0.6) is 0 Å². The van der Waals surface area contributed by atoms with Crippen LogP contribution in [0.1, 0.15) is 17.8 Å². The Morgan fingerprint density at radius 1 is 1.43 bits per heavy atom. The molecule has 112 valence electrons. The van der Waals surface area contributed by atoms with Crippen molar-refractivity contribution >= 4 is 34.1 Å². The Bertz CT molecular complexity index is 635. The molecule has 0 aromatic carbocycles. The van der Waals surface area contributed by atoms with Crippen molar-refractivity contribution in [3.8, 4) is 0 Å². The zero-order valence-corrected chi connectivity index (χ0v) is 13.5.